The fourth-order valence-corrected chi connectivity index (χ4v) is 2.33. The van der Waals surface area contributed by atoms with E-state index < -0.39 is 0 Å². The van der Waals surface area contributed by atoms with Crippen LogP contribution >= 0.6 is 11.3 Å². The lowest BCUT2D eigenvalue weighted by Crippen LogP contribution is -2.37. The van der Waals surface area contributed by atoms with Gasteiger partial charge in [0.05, 0.1) is 5.01 Å². The lowest BCUT2D eigenvalue weighted by atomic mass is 9.84. The van der Waals surface area contributed by atoms with Crippen molar-refractivity contribution in [3.63, 3.8) is 0 Å². The van der Waals surface area contributed by atoms with Crippen molar-refractivity contribution in [3.05, 3.63) is 16.6 Å². The van der Waals surface area contributed by atoms with Gasteiger partial charge in [-0.05, 0) is 12.8 Å². The van der Waals surface area contributed by atoms with Crippen molar-refractivity contribution in [2.24, 2.45) is 5.92 Å². The molecule has 1 aromatic heterocycles. The van der Waals surface area contributed by atoms with E-state index in [0.717, 1.165) is 30.8 Å². The molecule has 0 saturated heterocycles. The van der Waals surface area contributed by atoms with Crippen LogP contribution in [0.2, 0.25) is 0 Å². The first kappa shape index (κ1) is 10.6. The first-order valence-electron chi connectivity index (χ1n) is 5.40. The number of hydrogen-bond acceptors (Lipinski definition) is 3. The van der Waals surface area contributed by atoms with Crippen LogP contribution in [0.4, 0.5) is 0 Å². The highest BCUT2D eigenvalue weighted by Crippen LogP contribution is 2.27. The smallest absolute Gasteiger partial charge is 0.225 e. The Kier molecular flexibility index (Phi) is 3.36. The summed E-state index contributed by atoms with van der Waals surface area (Å²) >= 11 is 1.66. The van der Waals surface area contributed by atoms with Gasteiger partial charge in [0.2, 0.25) is 5.91 Å². The predicted octanol–water partition coefficient (Wildman–Crippen LogP) is 1.94. The standard InChI is InChI=1S/C11H16N2OS/c1-13(11(14)9-3-2-4-9)7-5-10-12-6-8-15-10/h6,8-9H,2-5,7H2,1H3. The zero-order chi connectivity index (χ0) is 10.7. The van der Waals surface area contributed by atoms with Gasteiger partial charge >= 0.3 is 0 Å². The highest BCUT2D eigenvalue weighted by Gasteiger charge is 2.27. The maximum atomic E-state index is 11.8. The Morgan fingerprint density at radius 3 is 3.00 bits per heavy atom. The van der Waals surface area contributed by atoms with Crippen molar-refractivity contribution >= 4 is 17.2 Å². The fraction of sp³-hybridized carbons (Fsp3) is 0.636. The highest BCUT2D eigenvalue weighted by molar-refractivity contribution is 7.09. The van der Waals surface area contributed by atoms with Crippen LogP contribution in [0.25, 0.3) is 0 Å². The van der Waals surface area contributed by atoms with Crippen molar-refractivity contribution in [1.82, 2.24) is 9.88 Å². The third-order valence-corrected chi connectivity index (χ3v) is 3.81. The molecular formula is C11H16N2OS. The molecule has 1 aliphatic rings. The molecule has 1 saturated carbocycles. The van der Waals surface area contributed by atoms with Gasteiger partial charge < -0.3 is 4.90 Å². The molecule has 1 aromatic rings. The molecule has 0 aromatic carbocycles. The molecule has 2 rings (SSSR count). The van der Waals surface area contributed by atoms with E-state index in [2.05, 4.69) is 4.98 Å². The van der Waals surface area contributed by atoms with Crippen LogP contribution in [-0.2, 0) is 11.2 Å². The van der Waals surface area contributed by atoms with Crippen molar-refractivity contribution in [2.75, 3.05) is 13.6 Å². The SMILES string of the molecule is CN(CCc1nccs1)C(=O)C1CCC1. The molecule has 1 amide bonds. The summed E-state index contributed by atoms with van der Waals surface area (Å²) in [5, 5.41) is 3.09. The van der Waals surface area contributed by atoms with E-state index >= 15 is 0 Å². The van der Waals surface area contributed by atoms with E-state index in [1.54, 1.807) is 11.3 Å². The fourth-order valence-electron chi connectivity index (χ4n) is 1.72. The molecule has 3 nitrogen and oxygen atoms in total. The van der Waals surface area contributed by atoms with Gasteiger partial charge in [-0.25, -0.2) is 4.98 Å². The zero-order valence-corrected chi connectivity index (χ0v) is 9.80. The Morgan fingerprint density at radius 2 is 2.47 bits per heavy atom. The molecule has 0 aliphatic heterocycles. The highest BCUT2D eigenvalue weighted by atomic mass is 32.1. The van der Waals surface area contributed by atoms with E-state index in [-0.39, 0.29) is 0 Å². The molecule has 82 valence electrons. The first-order valence-corrected chi connectivity index (χ1v) is 6.28. The van der Waals surface area contributed by atoms with Crippen LogP contribution in [0.1, 0.15) is 24.3 Å². The second kappa shape index (κ2) is 4.75. The number of aromatic nitrogens is 1. The topological polar surface area (TPSA) is 33.2 Å². The van der Waals surface area contributed by atoms with Crippen molar-refractivity contribution in [1.29, 1.82) is 0 Å². The van der Waals surface area contributed by atoms with Crippen LogP contribution in [-0.4, -0.2) is 29.4 Å². The number of rotatable bonds is 4. The van der Waals surface area contributed by atoms with Gasteiger partial charge in [-0.3, -0.25) is 4.79 Å². The first-order chi connectivity index (χ1) is 7.27. The summed E-state index contributed by atoms with van der Waals surface area (Å²) in [7, 11) is 1.90. The quantitative estimate of drug-likeness (QED) is 0.783. The molecule has 15 heavy (non-hydrogen) atoms. The molecule has 0 N–H and O–H groups in total. The number of likely N-dealkylation sites (N-methyl/N-ethyl adjacent to an activating group) is 1. The molecule has 0 spiro atoms. The maximum absolute atomic E-state index is 11.8. The van der Waals surface area contributed by atoms with Crippen LogP contribution in [0.5, 0.6) is 0 Å². The average Bonchev–Trinajstić information content (AvgIpc) is 2.63. The summed E-state index contributed by atoms with van der Waals surface area (Å²) in [6.07, 6.45) is 6.08. The Bertz CT molecular complexity index is 319. The molecule has 0 bridgehead atoms. The maximum Gasteiger partial charge on any atom is 0.225 e. The third kappa shape index (κ3) is 2.56. The summed E-state index contributed by atoms with van der Waals surface area (Å²) in [4.78, 5) is 17.9. The molecular weight excluding hydrogens is 208 g/mol. The Morgan fingerprint density at radius 1 is 1.67 bits per heavy atom. The molecule has 0 radical (unpaired) electrons. The number of nitrogens with zero attached hydrogens (tertiary/aromatic N) is 2. The Balaban J connectivity index is 1.76. The van der Waals surface area contributed by atoms with Crippen molar-refractivity contribution in [2.45, 2.75) is 25.7 Å². The number of carbonyl (C=O) groups excluding carboxylic acids is 1. The van der Waals surface area contributed by atoms with Gasteiger partial charge in [-0.2, -0.15) is 0 Å². The predicted molar refractivity (Wildman–Crippen MR) is 60.8 cm³/mol. The molecule has 4 heteroatoms. The zero-order valence-electron chi connectivity index (χ0n) is 8.98. The summed E-state index contributed by atoms with van der Waals surface area (Å²) in [5.41, 5.74) is 0. The Hall–Kier alpha value is -0.900. The second-order valence-electron chi connectivity index (χ2n) is 4.06. The van der Waals surface area contributed by atoms with Crippen LogP contribution < -0.4 is 0 Å². The van der Waals surface area contributed by atoms with E-state index in [4.69, 9.17) is 0 Å². The molecule has 1 aliphatic carbocycles. The normalized spacial score (nSPS) is 16.1. The van der Waals surface area contributed by atoms with Gasteiger partial charge in [0, 0.05) is 37.5 Å². The number of amides is 1. The Labute approximate surface area is 94.1 Å². The van der Waals surface area contributed by atoms with Gasteiger partial charge in [0.1, 0.15) is 0 Å². The lowest BCUT2D eigenvalue weighted by molar-refractivity contribution is -0.136. The lowest BCUT2D eigenvalue weighted by Gasteiger charge is -2.29. The van der Waals surface area contributed by atoms with Crippen LogP contribution in [0.15, 0.2) is 11.6 Å². The summed E-state index contributed by atoms with van der Waals surface area (Å²) in [5.74, 6) is 0.629. The largest absolute Gasteiger partial charge is 0.345 e. The molecule has 0 atom stereocenters. The minimum Gasteiger partial charge on any atom is -0.345 e. The molecule has 1 fully saturated rings. The molecule has 1 heterocycles. The molecule has 0 unspecified atom stereocenters. The number of hydrogen-bond donors (Lipinski definition) is 0. The van der Waals surface area contributed by atoms with Gasteiger partial charge in [-0.15, -0.1) is 11.3 Å². The van der Waals surface area contributed by atoms with Crippen molar-refractivity contribution < 1.29 is 4.79 Å². The minimum atomic E-state index is 0.311. The van der Waals surface area contributed by atoms with Gasteiger partial charge in [0.15, 0.2) is 0 Å². The van der Waals surface area contributed by atoms with Gasteiger partial charge in [0.25, 0.3) is 0 Å². The monoisotopic (exact) mass is 224 g/mol. The number of carbonyl (C=O) groups is 1. The van der Waals surface area contributed by atoms with E-state index in [9.17, 15) is 4.79 Å². The van der Waals surface area contributed by atoms with Crippen molar-refractivity contribution in [3.8, 4) is 0 Å². The van der Waals surface area contributed by atoms with Crippen LogP contribution in [0, 0.1) is 5.92 Å². The minimum absolute atomic E-state index is 0.311. The summed E-state index contributed by atoms with van der Waals surface area (Å²) in [6.45, 7) is 0.794. The van der Waals surface area contributed by atoms with E-state index in [0.29, 0.717) is 11.8 Å². The van der Waals surface area contributed by atoms with E-state index in [1.807, 2.05) is 23.5 Å². The van der Waals surface area contributed by atoms with Gasteiger partial charge in [-0.1, -0.05) is 6.42 Å². The summed E-state index contributed by atoms with van der Waals surface area (Å²) in [6, 6.07) is 0. The second-order valence-corrected chi connectivity index (χ2v) is 5.04. The number of thiazole rings is 1. The van der Waals surface area contributed by atoms with Crippen LogP contribution in [0.3, 0.4) is 0 Å². The average molecular weight is 224 g/mol. The third-order valence-electron chi connectivity index (χ3n) is 2.98. The van der Waals surface area contributed by atoms with E-state index in [1.165, 1.54) is 6.42 Å². The summed E-state index contributed by atoms with van der Waals surface area (Å²) < 4.78 is 0.